The molecule has 1 N–H and O–H groups in total. The van der Waals surface area contributed by atoms with Gasteiger partial charge in [-0.2, -0.15) is 0 Å². The summed E-state index contributed by atoms with van der Waals surface area (Å²) in [7, 11) is 1.32. The normalized spacial score (nSPS) is 11.3. The maximum Gasteiger partial charge on any atom is 0.328 e. The smallest absolute Gasteiger partial charge is 0.328 e. The lowest BCUT2D eigenvalue weighted by Gasteiger charge is -2.17. The van der Waals surface area contributed by atoms with Gasteiger partial charge in [-0.3, -0.25) is 4.79 Å². The van der Waals surface area contributed by atoms with E-state index in [0.29, 0.717) is 12.0 Å². The lowest BCUT2D eigenvalue weighted by Crippen LogP contribution is -2.43. The number of esters is 1. The van der Waals surface area contributed by atoms with Gasteiger partial charge in [-0.25, -0.2) is 4.79 Å². The van der Waals surface area contributed by atoms with Gasteiger partial charge in [0.1, 0.15) is 17.5 Å². The summed E-state index contributed by atoms with van der Waals surface area (Å²) >= 11 is 0. The summed E-state index contributed by atoms with van der Waals surface area (Å²) < 4.78 is 11.0. The number of nitrogens with one attached hydrogen (secondary N) is 1. The first-order valence-corrected chi connectivity index (χ1v) is 11.0. The molecular weight excluding hydrogens is 426 g/mol. The monoisotopic (exact) mass is 451 g/mol. The molecule has 0 heterocycles. The molecule has 0 saturated carbocycles. The number of carbonyl (C=O) groups excluding carboxylic acids is 2. The molecule has 34 heavy (non-hydrogen) atoms. The number of ether oxygens (including phenoxy) is 2. The molecule has 0 aliphatic carbocycles. The third-order valence-corrected chi connectivity index (χ3v) is 5.39. The fourth-order valence-electron chi connectivity index (χ4n) is 3.63. The van der Waals surface area contributed by atoms with E-state index in [0.717, 1.165) is 28.2 Å². The van der Waals surface area contributed by atoms with Crippen molar-refractivity contribution in [3.63, 3.8) is 0 Å². The lowest BCUT2D eigenvalue weighted by atomic mass is 9.99. The molecule has 0 spiro atoms. The fraction of sp³-hybridized carbons (Fsp3) is 0.103. The van der Waals surface area contributed by atoms with Gasteiger partial charge in [0, 0.05) is 17.5 Å². The summed E-state index contributed by atoms with van der Waals surface area (Å²) in [6.45, 7) is 0. The molecule has 170 valence electrons. The van der Waals surface area contributed by atoms with Crippen molar-refractivity contribution in [2.75, 3.05) is 7.11 Å². The molecule has 0 aromatic heterocycles. The Kier molecular flexibility index (Phi) is 7.35. The van der Waals surface area contributed by atoms with Gasteiger partial charge in [0.25, 0.3) is 5.91 Å². The van der Waals surface area contributed by atoms with Gasteiger partial charge in [-0.15, -0.1) is 0 Å². The van der Waals surface area contributed by atoms with Gasteiger partial charge in [0.15, 0.2) is 0 Å². The molecule has 1 unspecified atom stereocenters. The predicted octanol–water partition coefficient (Wildman–Crippen LogP) is 5.66. The van der Waals surface area contributed by atoms with Crippen molar-refractivity contribution < 1.29 is 19.1 Å². The molecule has 0 aliphatic rings. The van der Waals surface area contributed by atoms with E-state index in [1.54, 1.807) is 24.3 Å². The van der Waals surface area contributed by atoms with Crippen molar-refractivity contribution in [2.24, 2.45) is 0 Å². The minimum Gasteiger partial charge on any atom is -0.467 e. The topological polar surface area (TPSA) is 64.6 Å². The quantitative estimate of drug-likeness (QED) is 0.351. The first-order chi connectivity index (χ1) is 16.6. The number of hydrogen-bond donors (Lipinski definition) is 1. The van der Waals surface area contributed by atoms with Crippen LogP contribution in [0.5, 0.6) is 11.5 Å². The van der Waals surface area contributed by atoms with Crippen LogP contribution in [0.4, 0.5) is 0 Å². The molecule has 0 bridgehead atoms. The molecule has 4 aromatic carbocycles. The van der Waals surface area contributed by atoms with Gasteiger partial charge < -0.3 is 14.8 Å². The maximum absolute atomic E-state index is 12.6. The summed E-state index contributed by atoms with van der Waals surface area (Å²) in [5.74, 6) is 0.709. The molecule has 5 heteroatoms. The van der Waals surface area contributed by atoms with Crippen molar-refractivity contribution in [1.82, 2.24) is 5.32 Å². The molecule has 0 fully saturated rings. The third kappa shape index (κ3) is 5.70. The zero-order valence-corrected chi connectivity index (χ0v) is 18.8. The second-order valence-electron chi connectivity index (χ2n) is 7.73. The highest BCUT2D eigenvalue weighted by molar-refractivity contribution is 5.96. The van der Waals surface area contributed by atoms with Crippen LogP contribution in [0.1, 0.15) is 15.9 Å². The standard InChI is InChI=1S/C29H25NO4/c1-33-29(32)26(30-28(31)23-10-4-2-5-11-23)20-21-16-18-22(19-17-21)25-14-8-9-15-27(25)34-24-12-6-3-7-13-24/h2-19,26H,20H2,1H3,(H,30,31). The Morgan fingerprint density at radius 3 is 2.06 bits per heavy atom. The first kappa shape index (κ1) is 22.8. The highest BCUT2D eigenvalue weighted by Gasteiger charge is 2.22. The van der Waals surface area contributed by atoms with E-state index >= 15 is 0 Å². The number of carbonyl (C=O) groups is 2. The van der Waals surface area contributed by atoms with Crippen molar-refractivity contribution in [1.29, 1.82) is 0 Å². The number of rotatable bonds is 8. The molecule has 1 amide bonds. The minimum atomic E-state index is -0.794. The van der Waals surface area contributed by atoms with Gasteiger partial charge >= 0.3 is 5.97 Å². The molecule has 0 radical (unpaired) electrons. The predicted molar refractivity (Wildman–Crippen MR) is 132 cm³/mol. The second kappa shape index (κ2) is 11.0. The summed E-state index contributed by atoms with van der Waals surface area (Å²) in [5, 5.41) is 2.78. The van der Waals surface area contributed by atoms with E-state index in [1.165, 1.54) is 7.11 Å². The van der Waals surface area contributed by atoms with Gasteiger partial charge in [-0.1, -0.05) is 78.9 Å². The summed E-state index contributed by atoms with van der Waals surface area (Å²) in [6, 6.07) is 33.3. The Balaban J connectivity index is 1.50. The Bertz CT molecular complexity index is 1240. The molecule has 4 rings (SSSR count). The summed E-state index contributed by atoms with van der Waals surface area (Å²) in [4.78, 5) is 24.9. The number of methoxy groups -OCH3 is 1. The van der Waals surface area contributed by atoms with E-state index in [1.807, 2.05) is 84.9 Å². The van der Waals surface area contributed by atoms with Crippen LogP contribution < -0.4 is 10.1 Å². The van der Waals surface area contributed by atoms with E-state index in [2.05, 4.69) is 5.32 Å². The number of amides is 1. The molecule has 1 atom stereocenters. The fourth-order valence-corrected chi connectivity index (χ4v) is 3.63. The van der Waals surface area contributed by atoms with E-state index in [-0.39, 0.29) is 5.91 Å². The number of benzene rings is 4. The Morgan fingerprint density at radius 1 is 0.765 bits per heavy atom. The van der Waals surface area contributed by atoms with Crippen molar-refractivity contribution in [3.8, 4) is 22.6 Å². The van der Waals surface area contributed by atoms with Crippen LogP contribution in [0.15, 0.2) is 109 Å². The molecule has 0 aliphatic heterocycles. The van der Waals surface area contributed by atoms with E-state index in [9.17, 15) is 9.59 Å². The molecular formula is C29H25NO4. The van der Waals surface area contributed by atoms with Crippen molar-refractivity contribution >= 4 is 11.9 Å². The molecule has 5 nitrogen and oxygen atoms in total. The van der Waals surface area contributed by atoms with Crippen LogP contribution in [0.25, 0.3) is 11.1 Å². The van der Waals surface area contributed by atoms with Crippen molar-refractivity contribution in [3.05, 3.63) is 120 Å². The van der Waals surface area contributed by atoms with Crippen LogP contribution >= 0.6 is 0 Å². The highest BCUT2D eigenvalue weighted by Crippen LogP contribution is 2.33. The average Bonchev–Trinajstić information content (AvgIpc) is 2.90. The largest absolute Gasteiger partial charge is 0.467 e. The van der Waals surface area contributed by atoms with Gasteiger partial charge in [0.05, 0.1) is 7.11 Å². The number of para-hydroxylation sites is 2. The summed E-state index contributed by atoms with van der Waals surface area (Å²) in [5.41, 5.74) is 3.33. The molecule has 0 saturated heterocycles. The minimum absolute atomic E-state index is 0.313. The third-order valence-electron chi connectivity index (χ3n) is 5.39. The van der Waals surface area contributed by atoms with Crippen LogP contribution in [-0.2, 0) is 16.0 Å². The summed E-state index contributed by atoms with van der Waals surface area (Å²) in [6.07, 6.45) is 0.313. The first-order valence-electron chi connectivity index (χ1n) is 11.0. The second-order valence-corrected chi connectivity index (χ2v) is 7.73. The Hall–Kier alpha value is -4.38. The van der Waals surface area contributed by atoms with Crippen LogP contribution in [0.3, 0.4) is 0 Å². The van der Waals surface area contributed by atoms with E-state index in [4.69, 9.17) is 9.47 Å². The van der Waals surface area contributed by atoms with Crippen molar-refractivity contribution in [2.45, 2.75) is 12.5 Å². The lowest BCUT2D eigenvalue weighted by molar-refractivity contribution is -0.142. The highest BCUT2D eigenvalue weighted by atomic mass is 16.5. The number of hydrogen-bond acceptors (Lipinski definition) is 4. The zero-order chi connectivity index (χ0) is 23.8. The van der Waals surface area contributed by atoms with Gasteiger partial charge in [-0.05, 0) is 41.5 Å². The van der Waals surface area contributed by atoms with Crippen LogP contribution in [-0.4, -0.2) is 25.0 Å². The molecule has 4 aromatic rings. The average molecular weight is 452 g/mol. The van der Waals surface area contributed by atoms with Gasteiger partial charge in [0.2, 0.25) is 0 Å². The SMILES string of the molecule is COC(=O)C(Cc1ccc(-c2ccccc2Oc2ccccc2)cc1)NC(=O)c1ccccc1. The van der Waals surface area contributed by atoms with E-state index < -0.39 is 12.0 Å². The van der Waals surface area contributed by atoms with Crippen LogP contribution in [0.2, 0.25) is 0 Å². The van der Waals surface area contributed by atoms with Crippen LogP contribution in [0, 0.1) is 0 Å². The Morgan fingerprint density at radius 2 is 1.38 bits per heavy atom. The Labute approximate surface area is 199 Å². The maximum atomic E-state index is 12.6. The zero-order valence-electron chi connectivity index (χ0n) is 18.8.